The number of ether oxygens (including phenoxy) is 2. The lowest BCUT2D eigenvalue weighted by Gasteiger charge is -2.37. The van der Waals surface area contributed by atoms with Crippen LogP contribution in [0.1, 0.15) is 12.8 Å². The van der Waals surface area contributed by atoms with E-state index in [-0.39, 0.29) is 0 Å². The molecule has 2 heterocycles. The highest BCUT2D eigenvalue weighted by atomic mass is 16.5. The number of aliphatic imine (C=N–C) groups is 1. The lowest BCUT2D eigenvalue weighted by molar-refractivity contribution is 0.0599. The fraction of sp³-hybridized carbons (Fsp3) is 0.929. The van der Waals surface area contributed by atoms with Gasteiger partial charge in [-0.15, -0.1) is 0 Å². The maximum atomic E-state index is 5.71. The molecule has 2 rings (SSSR count). The van der Waals surface area contributed by atoms with Crippen molar-refractivity contribution in [3.63, 3.8) is 0 Å². The van der Waals surface area contributed by atoms with Crippen molar-refractivity contribution >= 4 is 5.96 Å². The van der Waals surface area contributed by atoms with Crippen LogP contribution in [-0.4, -0.2) is 88.5 Å². The number of hydrogen-bond acceptors (Lipinski definition) is 4. The Morgan fingerprint density at radius 2 is 2.15 bits per heavy atom. The molecule has 2 fully saturated rings. The second kappa shape index (κ2) is 8.44. The van der Waals surface area contributed by atoms with E-state index in [0.29, 0.717) is 12.7 Å². The van der Waals surface area contributed by atoms with Crippen LogP contribution in [0.4, 0.5) is 0 Å². The third-order valence-electron chi connectivity index (χ3n) is 3.96. The summed E-state index contributed by atoms with van der Waals surface area (Å²) in [7, 11) is 3.56. The molecule has 2 aliphatic heterocycles. The minimum atomic E-state index is 0.459. The SMILES string of the molecule is CN=C(NCCOC)N1CCN(C[C@H]2CCCO2)CC1. The van der Waals surface area contributed by atoms with Gasteiger partial charge in [0.1, 0.15) is 0 Å². The predicted molar refractivity (Wildman–Crippen MR) is 80.2 cm³/mol. The Kier molecular flexibility index (Phi) is 6.56. The van der Waals surface area contributed by atoms with Gasteiger partial charge in [0.2, 0.25) is 0 Å². The molecule has 6 nitrogen and oxygen atoms in total. The quantitative estimate of drug-likeness (QED) is 0.438. The number of piperazine rings is 1. The molecule has 2 saturated heterocycles. The summed E-state index contributed by atoms with van der Waals surface area (Å²) in [5.41, 5.74) is 0. The normalized spacial score (nSPS) is 25.2. The van der Waals surface area contributed by atoms with Crippen molar-refractivity contribution in [1.29, 1.82) is 0 Å². The van der Waals surface area contributed by atoms with Crippen molar-refractivity contribution in [3.05, 3.63) is 0 Å². The van der Waals surface area contributed by atoms with E-state index in [1.54, 1.807) is 7.11 Å². The molecule has 0 aromatic carbocycles. The fourth-order valence-corrected chi connectivity index (χ4v) is 2.82. The van der Waals surface area contributed by atoms with Crippen LogP contribution in [-0.2, 0) is 9.47 Å². The maximum absolute atomic E-state index is 5.71. The Bertz CT molecular complexity index is 298. The minimum Gasteiger partial charge on any atom is -0.383 e. The predicted octanol–water partition coefficient (Wildman–Crippen LogP) is 0.00480. The molecular weight excluding hydrogens is 256 g/mol. The monoisotopic (exact) mass is 284 g/mol. The summed E-state index contributed by atoms with van der Waals surface area (Å²) in [6.07, 6.45) is 2.90. The Hall–Kier alpha value is -0.850. The zero-order valence-corrected chi connectivity index (χ0v) is 12.8. The van der Waals surface area contributed by atoms with Gasteiger partial charge in [-0.1, -0.05) is 0 Å². The Morgan fingerprint density at radius 3 is 2.75 bits per heavy atom. The first kappa shape index (κ1) is 15.5. The molecule has 6 heteroatoms. The van der Waals surface area contributed by atoms with Crippen molar-refractivity contribution in [2.75, 3.05) is 66.6 Å². The van der Waals surface area contributed by atoms with Gasteiger partial charge < -0.3 is 19.7 Å². The number of methoxy groups -OCH3 is 1. The summed E-state index contributed by atoms with van der Waals surface area (Å²) in [5.74, 6) is 0.985. The van der Waals surface area contributed by atoms with Gasteiger partial charge in [0, 0.05) is 60.0 Å². The molecule has 0 spiro atoms. The highest BCUT2D eigenvalue weighted by Gasteiger charge is 2.23. The van der Waals surface area contributed by atoms with Crippen LogP contribution in [0.25, 0.3) is 0 Å². The molecule has 0 bridgehead atoms. The molecule has 20 heavy (non-hydrogen) atoms. The van der Waals surface area contributed by atoms with Gasteiger partial charge in [-0.05, 0) is 12.8 Å². The van der Waals surface area contributed by atoms with Crippen LogP contribution in [0, 0.1) is 0 Å². The van der Waals surface area contributed by atoms with Crippen LogP contribution in [0.15, 0.2) is 4.99 Å². The van der Waals surface area contributed by atoms with E-state index < -0.39 is 0 Å². The van der Waals surface area contributed by atoms with Gasteiger partial charge in [-0.25, -0.2) is 0 Å². The first-order valence-electron chi connectivity index (χ1n) is 7.62. The second-order valence-electron chi connectivity index (χ2n) is 5.39. The summed E-state index contributed by atoms with van der Waals surface area (Å²) in [6.45, 7) is 7.77. The van der Waals surface area contributed by atoms with E-state index in [4.69, 9.17) is 9.47 Å². The fourth-order valence-electron chi connectivity index (χ4n) is 2.82. The number of nitrogens with one attached hydrogen (secondary N) is 1. The van der Waals surface area contributed by atoms with Crippen molar-refractivity contribution < 1.29 is 9.47 Å². The zero-order chi connectivity index (χ0) is 14.2. The smallest absolute Gasteiger partial charge is 0.193 e. The van der Waals surface area contributed by atoms with Gasteiger partial charge in [0.25, 0.3) is 0 Å². The Labute approximate surface area is 122 Å². The first-order chi connectivity index (χ1) is 9.83. The van der Waals surface area contributed by atoms with E-state index in [1.165, 1.54) is 12.8 Å². The topological polar surface area (TPSA) is 49.3 Å². The molecule has 0 aromatic rings. The summed E-state index contributed by atoms with van der Waals surface area (Å²) in [6, 6.07) is 0. The lowest BCUT2D eigenvalue weighted by atomic mass is 10.2. The zero-order valence-electron chi connectivity index (χ0n) is 12.8. The Morgan fingerprint density at radius 1 is 1.35 bits per heavy atom. The molecule has 0 unspecified atom stereocenters. The van der Waals surface area contributed by atoms with Gasteiger partial charge in [0.05, 0.1) is 12.7 Å². The third kappa shape index (κ3) is 4.61. The highest BCUT2D eigenvalue weighted by molar-refractivity contribution is 5.79. The Balaban J connectivity index is 1.69. The average molecular weight is 284 g/mol. The van der Waals surface area contributed by atoms with Crippen LogP contribution in [0.3, 0.4) is 0 Å². The van der Waals surface area contributed by atoms with Crippen LogP contribution in [0.5, 0.6) is 0 Å². The van der Waals surface area contributed by atoms with E-state index in [2.05, 4.69) is 20.1 Å². The van der Waals surface area contributed by atoms with Crippen molar-refractivity contribution in [2.24, 2.45) is 4.99 Å². The van der Waals surface area contributed by atoms with Crippen LogP contribution in [0.2, 0.25) is 0 Å². The van der Waals surface area contributed by atoms with Crippen molar-refractivity contribution in [2.45, 2.75) is 18.9 Å². The largest absolute Gasteiger partial charge is 0.383 e. The minimum absolute atomic E-state index is 0.459. The average Bonchev–Trinajstić information content (AvgIpc) is 2.98. The summed E-state index contributed by atoms with van der Waals surface area (Å²) >= 11 is 0. The summed E-state index contributed by atoms with van der Waals surface area (Å²) < 4.78 is 10.8. The molecular formula is C14H28N4O2. The number of nitrogens with zero attached hydrogens (tertiary/aromatic N) is 3. The van der Waals surface area contributed by atoms with Gasteiger partial charge >= 0.3 is 0 Å². The molecule has 2 aliphatic rings. The second-order valence-corrected chi connectivity index (χ2v) is 5.39. The molecule has 0 aliphatic carbocycles. The molecule has 116 valence electrons. The lowest BCUT2D eigenvalue weighted by Crippen LogP contribution is -2.53. The molecule has 0 amide bonds. The molecule has 0 aromatic heterocycles. The van der Waals surface area contributed by atoms with Gasteiger partial charge in [-0.2, -0.15) is 0 Å². The molecule has 0 radical (unpaired) electrons. The van der Waals surface area contributed by atoms with Crippen LogP contribution < -0.4 is 5.32 Å². The standard InChI is InChI=1S/C14H28N4O2/c1-15-14(16-5-11-19-2)18-8-6-17(7-9-18)12-13-4-3-10-20-13/h13H,3-12H2,1-2H3,(H,15,16)/t13-/m1/s1. The molecule has 1 N–H and O–H groups in total. The van der Waals surface area contributed by atoms with Crippen molar-refractivity contribution in [1.82, 2.24) is 15.1 Å². The summed E-state index contributed by atoms with van der Waals surface area (Å²) in [5, 5.41) is 3.34. The van der Waals surface area contributed by atoms with E-state index in [9.17, 15) is 0 Å². The van der Waals surface area contributed by atoms with Crippen LogP contribution >= 0.6 is 0 Å². The number of guanidine groups is 1. The van der Waals surface area contributed by atoms with E-state index in [0.717, 1.165) is 51.8 Å². The molecule has 1 atom stereocenters. The highest BCUT2D eigenvalue weighted by Crippen LogP contribution is 2.14. The number of hydrogen-bond donors (Lipinski definition) is 1. The van der Waals surface area contributed by atoms with Crippen molar-refractivity contribution in [3.8, 4) is 0 Å². The van der Waals surface area contributed by atoms with Gasteiger partial charge in [-0.3, -0.25) is 9.89 Å². The van der Waals surface area contributed by atoms with E-state index >= 15 is 0 Å². The summed E-state index contributed by atoms with van der Waals surface area (Å²) in [4.78, 5) is 9.17. The molecule has 0 saturated carbocycles. The van der Waals surface area contributed by atoms with Gasteiger partial charge in [0.15, 0.2) is 5.96 Å². The van der Waals surface area contributed by atoms with E-state index in [1.807, 2.05) is 7.05 Å². The maximum Gasteiger partial charge on any atom is 0.193 e. The third-order valence-corrected chi connectivity index (χ3v) is 3.96. The number of rotatable bonds is 5. The first-order valence-corrected chi connectivity index (χ1v) is 7.62.